The maximum absolute atomic E-state index is 12.3. The summed E-state index contributed by atoms with van der Waals surface area (Å²) in [5, 5.41) is 2.60. The molecule has 0 bridgehead atoms. The van der Waals surface area contributed by atoms with E-state index in [1.54, 1.807) is 0 Å². The van der Waals surface area contributed by atoms with Crippen LogP contribution in [0.25, 0.3) is 0 Å². The quantitative estimate of drug-likeness (QED) is 0.681. The summed E-state index contributed by atoms with van der Waals surface area (Å²) in [6.45, 7) is -0.404. The Morgan fingerprint density at radius 3 is 2.40 bits per heavy atom. The van der Waals surface area contributed by atoms with E-state index in [4.69, 9.17) is 4.74 Å². The topological polar surface area (TPSA) is 92.8 Å². The number of benzene rings is 1. The summed E-state index contributed by atoms with van der Waals surface area (Å²) in [7, 11) is -0.626. The Hall–Kier alpha value is -2.23. The fraction of sp³-hybridized carbons (Fsp3) is 0.429. The van der Waals surface area contributed by atoms with Gasteiger partial charge in [0.25, 0.3) is 5.91 Å². The van der Waals surface area contributed by atoms with Crippen molar-refractivity contribution in [3.05, 3.63) is 45.6 Å². The summed E-state index contributed by atoms with van der Waals surface area (Å²) in [6.07, 6.45) is 6.69. The Labute approximate surface area is 181 Å². The van der Waals surface area contributed by atoms with Gasteiger partial charge >= 0.3 is 5.97 Å². The van der Waals surface area contributed by atoms with Gasteiger partial charge in [0.1, 0.15) is 4.88 Å². The van der Waals surface area contributed by atoms with Crippen LogP contribution in [-0.2, 0) is 32.4 Å². The van der Waals surface area contributed by atoms with Crippen LogP contribution in [0.15, 0.2) is 35.2 Å². The average Bonchev–Trinajstić information content (AvgIpc) is 3.08. The average molecular weight is 451 g/mol. The summed E-state index contributed by atoms with van der Waals surface area (Å²) in [6, 6.07) is 7.72. The van der Waals surface area contributed by atoms with E-state index in [0.717, 1.165) is 30.0 Å². The van der Waals surface area contributed by atoms with Crippen molar-refractivity contribution >= 4 is 38.9 Å². The Morgan fingerprint density at radius 2 is 1.73 bits per heavy atom. The van der Waals surface area contributed by atoms with Crippen LogP contribution in [0.5, 0.6) is 0 Å². The first-order valence-electron chi connectivity index (χ1n) is 9.88. The van der Waals surface area contributed by atoms with Gasteiger partial charge in [-0.1, -0.05) is 12.8 Å². The van der Waals surface area contributed by atoms with Crippen molar-refractivity contribution in [2.75, 3.05) is 26.0 Å². The molecule has 0 saturated carbocycles. The number of thiophene rings is 1. The van der Waals surface area contributed by atoms with Gasteiger partial charge < -0.3 is 10.1 Å². The van der Waals surface area contributed by atoms with Gasteiger partial charge in [-0.05, 0) is 61.6 Å². The second-order valence-corrected chi connectivity index (χ2v) is 10.7. The molecular formula is C21H26N2O5S2. The third kappa shape index (κ3) is 5.47. The normalized spacial score (nSPS) is 14.5. The van der Waals surface area contributed by atoms with Crippen LogP contribution in [0.2, 0.25) is 0 Å². The van der Waals surface area contributed by atoms with E-state index in [2.05, 4.69) is 5.32 Å². The second kappa shape index (κ2) is 9.72. The van der Waals surface area contributed by atoms with Crippen molar-refractivity contribution in [3.8, 4) is 0 Å². The number of nitrogens with zero attached hydrogens (tertiary/aromatic N) is 1. The highest BCUT2D eigenvalue weighted by Gasteiger charge is 2.19. The van der Waals surface area contributed by atoms with Crippen LogP contribution < -0.4 is 5.32 Å². The molecule has 7 nitrogen and oxygen atoms in total. The Bertz CT molecular complexity index is 985. The van der Waals surface area contributed by atoms with Gasteiger partial charge in [-0.2, -0.15) is 0 Å². The zero-order valence-electron chi connectivity index (χ0n) is 17.1. The van der Waals surface area contributed by atoms with Crippen LogP contribution >= 0.6 is 11.3 Å². The van der Waals surface area contributed by atoms with E-state index in [0.29, 0.717) is 10.6 Å². The van der Waals surface area contributed by atoms with E-state index in [1.807, 2.05) is 6.07 Å². The van der Waals surface area contributed by atoms with Crippen molar-refractivity contribution in [2.45, 2.75) is 43.4 Å². The molecule has 1 heterocycles. The lowest BCUT2D eigenvalue weighted by Crippen LogP contribution is -2.22. The summed E-state index contributed by atoms with van der Waals surface area (Å²) < 4.78 is 30.4. The lowest BCUT2D eigenvalue weighted by atomic mass is 10.00. The lowest BCUT2D eigenvalue weighted by molar-refractivity contribution is -0.119. The first-order chi connectivity index (χ1) is 14.3. The molecule has 0 radical (unpaired) electrons. The summed E-state index contributed by atoms with van der Waals surface area (Å²) >= 11 is 1.46. The van der Waals surface area contributed by atoms with E-state index < -0.39 is 28.5 Å². The minimum Gasteiger partial charge on any atom is -0.451 e. The number of fused-ring (bicyclic) bond motifs is 1. The number of carbonyl (C=O) groups is 2. The minimum absolute atomic E-state index is 0.130. The molecule has 0 saturated heterocycles. The number of anilines is 1. The zero-order chi connectivity index (χ0) is 21.7. The number of aryl methyl sites for hydroxylation is 2. The molecule has 9 heteroatoms. The van der Waals surface area contributed by atoms with Gasteiger partial charge in [-0.25, -0.2) is 17.5 Å². The van der Waals surface area contributed by atoms with Crippen molar-refractivity contribution in [3.63, 3.8) is 0 Å². The predicted octanol–water partition coefficient (Wildman–Crippen LogP) is 3.45. The molecule has 0 spiro atoms. The van der Waals surface area contributed by atoms with Crippen LogP contribution in [-0.4, -0.2) is 45.3 Å². The predicted molar refractivity (Wildman–Crippen MR) is 116 cm³/mol. The number of carbonyl (C=O) groups excluding carboxylic acids is 2. The molecular weight excluding hydrogens is 424 g/mol. The fourth-order valence-corrected chi connectivity index (χ4v) is 5.31. The SMILES string of the molecule is CN(C)S(=O)(=O)c1ccc(NC(=O)COC(=O)c2cc3c(s2)CCCCCC3)cc1. The number of amides is 1. The number of ether oxygens (including phenoxy) is 1. The largest absolute Gasteiger partial charge is 0.451 e. The molecule has 1 aliphatic rings. The Balaban J connectivity index is 1.54. The molecule has 2 aromatic rings. The molecule has 0 aliphatic heterocycles. The molecule has 1 amide bonds. The molecule has 30 heavy (non-hydrogen) atoms. The number of nitrogens with one attached hydrogen (secondary N) is 1. The van der Waals surface area contributed by atoms with Gasteiger partial charge in [0, 0.05) is 24.7 Å². The molecule has 162 valence electrons. The number of esters is 1. The van der Waals surface area contributed by atoms with Gasteiger partial charge in [0.2, 0.25) is 10.0 Å². The summed E-state index contributed by atoms with van der Waals surface area (Å²) in [5.41, 5.74) is 1.65. The molecule has 0 unspecified atom stereocenters. The first kappa shape index (κ1) is 22.5. The van der Waals surface area contributed by atoms with Crippen LogP contribution in [0, 0.1) is 0 Å². The van der Waals surface area contributed by atoms with E-state index in [9.17, 15) is 18.0 Å². The van der Waals surface area contributed by atoms with Crippen LogP contribution in [0.1, 0.15) is 45.8 Å². The first-order valence-corrected chi connectivity index (χ1v) is 12.1. The third-order valence-electron chi connectivity index (χ3n) is 4.95. The van der Waals surface area contributed by atoms with Gasteiger partial charge in [0.05, 0.1) is 4.90 Å². The maximum Gasteiger partial charge on any atom is 0.348 e. The van der Waals surface area contributed by atoms with Crippen LogP contribution in [0.3, 0.4) is 0 Å². The Morgan fingerprint density at radius 1 is 1.07 bits per heavy atom. The molecule has 1 N–H and O–H groups in total. The summed E-state index contributed by atoms with van der Waals surface area (Å²) in [4.78, 5) is 26.4. The monoisotopic (exact) mass is 450 g/mol. The van der Waals surface area contributed by atoms with Crippen molar-refractivity contribution in [2.24, 2.45) is 0 Å². The standard InChI is InChI=1S/C21H26N2O5S2/c1-23(2)30(26,27)17-11-9-16(10-12-17)22-20(24)14-28-21(25)19-13-15-7-5-3-4-6-8-18(15)29-19/h9-13H,3-8,14H2,1-2H3,(H,22,24). The highest BCUT2D eigenvalue weighted by Crippen LogP contribution is 2.29. The lowest BCUT2D eigenvalue weighted by Gasteiger charge is -2.12. The van der Waals surface area contributed by atoms with Crippen molar-refractivity contribution < 1.29 is 22.7 Å². The van der Waals surface area contributed by atoms with E-state index >= 15 is 0 Å². The molecule has 1 aliphatic carbocycles. The molecule has 1 aromatic carbocycles. The number of hydrogen-bond acceptors (Lipinski definition) is 6. The summed E-state index contributed by atoms with van der Waals surface area (Å²) in [5.74, 6) is -0.976. The molecule has 0 fully saturated rings. The minimum atomic E-state index is -3.53. The van der Waals surface area contributed by atoms with Gasteiger partial charge in [-0.3, -0.25) is 4.79 Å². The zero-order valence-corrected chi connectivity index (χ0v) is 18.8. The highest BCUT2D eigenvalue weighted by molar-refractivity contribution is 7.89. The maximum atomic E-state index is 12.3. The van der Waals surface area contributed by atoms with Gasteiger partial charge in [-0.15, -0.1) is 11.3 Å². The van der Waals surface area contributed by atoms with E-state index in [-0.39, 0.29) is 4.90 Å². The third-order valence-corrected chi connectivity index (χ3v) is 8.00. The van der Waals surface area contributed by atoms with Crippen LogP contribution in [0.4, 0.5) is 5.69 Å². The van der Waals surface area contributed by atoms with Gasteiger partial charge in [0.15, 0.2) is 6.61 Å². The number of sulfonamides is 1. The highest BCUT2D eigenvalue weighted by atomic mass is 32.2. The second-order valence-electron chi connectivity index (χ2n) is 7.41. The molecule has 3 rings (SSSR count). The van der Waals surface area contributed by atoms with Crippen molar-refractivity contribution in [1.29, 1.82) is 0 Å². The molecule has 0 atom stereocenters. The molecule has 1 aromatic heterocycles. The van der Waals surface area contributed by atoms with E-state index in [1.165, 1.54) is 73.0 Å². The van der Waals surface area contributed by atoms with Crippen molar-refractivity contribution in [1.82, 2.24) is 4.31 Å². The fourth-order valence-electron chi connectivity index (χ4n) is 3.27. The Kier molecular flexibility index (Phi) is 7.27. The number of hydrogen-bond donors (Lipinski definition) is 1. The smallest absolute Gasteiger partial charge is 0.348 e. The number of rotatable bonds is 6.